The summed E-state index contributed by atoms with van der Waals surface area (Å²) < 4.78 is 0. The number of rotatable bonds is 4. The Morgan fingerprint density at radius 2 is 2.38 bits per heavy atom. The molecular formula is C9H14N2O2. The summed E-state index contributed by atoms with van der Waals surface area (Å²) in [5.41, 5.74) is 6.51. The van der Waals surface area contributed by atoms with Gasteiger partial charge in [-0.3, -0.25) is 0 Å². The van der Waals surface area contributed by atoms with Crippen LogP contribution in [0.1, 0.15) is 35.7 Å². The second-order valence-corrected chi connectivity index (χ2v) is 3.01. The number of carboxylic acids is 1. The molecule has 0 fully saturated rings. The van der Waals surface area contributed by atoms with Gasteiger partial charge in [-0.1, -0.05) is 13.3 Å². The summed E-state index contributed by atoms with van der Waals surface area (Å²) in [6.45, 7) is 2.07. The number of aryl methyl sites for hydroxylation is 1. The van der Waals surface area contributed by atoms with Gasteiger partial charge in [0.15, 0.2) is 0 Å². The lowest BCUT2D eigenvalue weighted by Gasteiger charge is -1.98. The van der Waals surface area contributed by atoms with Crippen LogP contribution in [-0.2, 0) is 6.42 Å². The van der Waals surface area contributed by atoms with E-state index in [2.05, 4.69) is 11.9 Å². The van der Waals surface area contributed by atoms with Gasteiger partial charge in [-0.05, 0) is 18.4 Å². The van der Waals surface area contributed by atoms with Crippen molar-refractivity contribution in [2.75, 3.05) is 5.73 Å². The fraction of sp³-hybridized carbons (Fsp3) is 0.444. The first kappa shape index (κ1) is 9.64. The van der Waals surface area contributed by atoms with Gasteiger partial charge in [-0.2, -0.15) is 0 Å². The highest BCUT2D eigenvalue weighted by Crippen LogP contribution is 2.17. The van der Waals surface area contributed by atoms with Gasteiger partial charge < -0.3 is 15.8 Å². The Morgan fingerprint density at radius 1 is 1.69 bits per heavy atom. The van der Waals surface area contributed by atoms with Crippen molar-refractivity contribution in [2.45, 2.75) is 26.2 Å². The molecular weight excluding hydrogens is 168 g/mol. The molecule has 0 radical (unpaired) electrons. The lowest BCUT2D eigenvalue weighted by atomic mass is 10.1. The van der Waals surface area contributed by atoms with E-state index in [4.69, 9.17) is 10.8 Å². The number of unbranched alkanes of at least 4 members (excludes halogenated alkanes) is 1. The molecule has 0 spiro atoms. The normalized spacial score (nSPS) is 10.2. The van der Waals surface area contributed by atoms with Gasteiger partial charge in [0, 0.05) is 6.20 Å². The van der Waals surface area contributed by atoms with E-state index in [1.54, 1.807) is 6.20 Å². The molecule has 0 unspecified atom stereocenters. The van der Waals surface area contributed by atoms with Gasteiger partial charge in [0.1, 0.15) is 11.4 Å². The van der Waals surface area contributed by atoms with Gasteiger partial charge >= 0.3 is 5.97 Å². The van der Waals surface area contributed by atoms with Gasteiger partial charge in [-0.15, -0.1) is 0 Å². The van der Waals surface area contributed by atoms with Crippen molar-refractivity contribution < 1.29 is 9.90 Å². The number of nitrogen functional groups attached to an aromatic ring is 1. The minimum atomic E-state index is -0.954. The van der Waals surface area contributed by atoms with E-state index in [9.17, 15) is 4.79 Å². The molecule has 0 saturated heterocycles. The van der Waals surface area contributed by atoms with Crippen molar-refractivity contribution >= 4 is 11.8 Å². The molecule has 0 aliphatic rings. The number of carbonyl (C=O) groups is 1. The zero-order valence-electron chi connectivity index (χ0n) is 7.63. The maximum atomic E-state index is 10.8. The van der Waals surface area contributed by atoms with Crippen LogP contribution in [0.3, 0.4) is 0 Å². The second-order valence-electron chi connectivity index (χ2n) is 3.01. The van der Waals surface area contributed by atoms with E-state index in [-0.39, 0.29) is 11.4 Å². The number of hydrogen-bond donors (Lipinski definition) is 3. The standard InChI is InChI=1S/C9H14N2O2/c1-2-3-4-6-5-11-8(10)7(6)9(12)13/h5,11H,2-4,10H2,1H3,(H,12,13). The summed E-state index contributed by atoms with van der Waals surface area (Å²) in [4.78, 5) is 13.5. The van der Waals surface area contributed by atoms with Crippen molar-refractivity contribution in [3.63, 3.8) is 0 Å². The van der Waals surface area contributed by atoms with Crippen molar-refractivity contribution in [1.29, 1.82) is 0 Å². The highest BCUT2D eigenvalue weighted by Gasteiger charge is 2.14. The Balaban J connectivity index is 2.87. The predicted molar refractivity (Wildman–Crippen MR) is 50.8 cm³/mol. The van der Waals surface area contributed by atoms with E-state index in [0.29, 0.717) is 0 Å². The zero-order valence-corrected chi connectivity index (χ0v) is 7.63. The molecule has 4 N–H and O–H groups in total. The van der Waals surface area contributed by atoms with E-state index < -0.39 is 5.97 Å². The van der Waals surface area contributed by atoms with Gasteiger partial charge in [-0.25, -0.2) is 4.79 Å². The SMILES string of the molecule is CCCCc1c[nH]c(N)c1C(=O)O. The number of anilines is 1. The van der Waals surface area contributed by atoms with Crippen LogP contribution in [0.15, 0.2) is 6.20 Å². The highest BCUT2D eigenvalue weighted by atomic mass is 16.4. The molecule has 72 valence electrons. The first-order valence-corrected chi connectivity index (χ1v) is 4.35. The largest absolute Gasteiger partial charge is 0.478 e. The minimum absolute atomic E-state index is 0.230. The topological polar surface area (TPSA) is 79.1 Å². The maximum Gasteiger partial charge on any atom is 0.339 e. The molecule has 1 aromatic heterocycles. The molecule has 0 saturated carbocycles. The Labute approximate surface area is 76.8 Å². The lowest BCUT2D eigenvalue weighted by molar-refractivity contribution is 0.0697. The van der Waals surface area contributed by atoms with Crippen LogP contribution >= 0.6 is 0 Å². The van der Waals surface area contributed by atoms with Gasteiger partial charge in [0.2, 0.25) is 0 Å². The third kappa shape index (κ3) is 2.02. The van der Waals surface area contributed by atoms with Gasteiger partial charge in [0.05, 0.1) is 0 Å². The number of aromatic nitrogens is 1. The maximum absolute atomic E-state index is 10.8. The van der Waals surface area contributed by atoms with Crippen molar-refractivity contribution in [3.8, 4) is 0 Å². The third-order valence-corrected chi connectivity index (χ3v) is 2.01. The van der Waals surface area contributed by atoms with Gasteiger partial charge in [0.25, 0.3) is 0 Å². The summed E-state index contributed by atoms with van der Waals surface area (Å²) in [5.74, 6) is -0.705. The quantitative estimate of drug-likeness (QED) is 0.662. The molecule has 0 atom stereocenters. The van der Waals surface area contributed by atoms with Crippen LogP contribution in [0.2, 0.25) is 0 Å². The molecule has 13 heavy (non-hydrogen) atoms. The molecule has 1 heterocycles. The molecule has 0 aromatic carbocycles. The zero-order chi connectivity index (χ0) is 9.84. The summed E-state index contributed by atoms with van der Waals surface area (Å²) in [6, 6.07) is 0. The molecule has 0 amide bonds. The summed E-state index contributed by atoms with van der Waals surface area (Å²) in [7, 11) is 0. The molecule has 0 aliphatic carbocycles. The molecule has 1 aromatic rings. The Bertz CT molecular complexity index is 305. The van der Waals surface area contributed by atoms with Crippen LogP contribution < -0.4 is 5.73 Å². The Morgan fingerprint density at radius 3 is 2.92 bits per heavy atom. The van der Waals surface area contributed by atoms with E-state index in [1.807, 2.05) is 0 Å². The van der Waals surface area contributed by atoms with Crippen LogP contribution in [0, 0.1) is 0 Å². The minimum Gasteiger partial charge on any atom is -0.478 e. The van der Waals surface area contributed by atoms with Crippen LogP contribution in [0.4, 0.5) is 5.82 Å². The monoisotopic (exact) mass is 182 g/mol. The first-order chi connectivity index (χ1) is 6.16. The average Bonchev–Trinajstić information content (AvgIpc) is 2.43. The molecule has 0 bridgehead atoms. The Kier molecular flexibility index (Phi) is 2.95. The van der Waals surface area contributed by atoms with Crippen LogP contribution in [0.5, 0.6) is 0 Å². The summed E-state index contributed by atoms with van der Waals surface area (Å²) in [5, 5.41) is 8.83. The first-order valence-electron chi connectivity index (χ1n) is 4.35. The molecule has 4 heteroatoms. The third-order valence-electron chi connectivity index (χ3n) is 2.01. The molecule has 0 aliphatic heterocycles. The van der Waals surface area contributed by atoms with E-state index in [0.717, 1.165) is 24.8 Å². The molecule has 1 rings (SSSR count). The van der Waals surface area contributed by atoms with E-state index in [1.165, 1.54) is 0 Å². The number of aromatic carboxylic acids is 1. The van der Waals surface area contributed by atoms with Crippen molar-refractivity contribution in [3.05, 3.63) is 17.3 Å². The second kappa shape index (κ2) is 3.98. The van der Waals surface area contributed by atoms with Crippen LogP contribution in [-0.4, -0.2) is 16.1 Å². The summed E-state index contributed by atoms with van der Waals surface area (Å²) in [6.07, 6.45) is 4.47. The highest BCUT2D eigenvalue weighted by molar-refractivity contribution is 5.94. The number of nitrogens with one attached hydrogen (secondary N) is 1. The average molecular weight is 182 g/mol. The number of aromatic amines is 1. The fourth-order valence-electron chi connectivity index (χ4n) is 1.30. The predicted octanol–water partition coefficient (Wildman–Crippen LogP) is 1.64. The summed E-state index contributed by atoms with van der Waals surface area (Å²) >= 11 is 0. The van der Waals surface area contributed by atoms with Crippen molar-refractivity contribution in [1.82, 2.24) is 4.98 Å². The number of carboxylic acid groups (broad SMARTS) is 1. The number of hydrogen-bond acceptors (Lipinski definition) is 2. The number of nitrogens with two attached hydrogens (primary N) is 1. The lowest BCUT2D eigenvalue weighted by Crippen LogP contribution is -2.03. The number of H-pyrrole nitrogens is 1. The molecule has 4 nitrogen and oxygen atoms in total. The van der Waals surface area contributed by atoms with Crippen LogP contribution in [0.25, 0.3) is 0 Å². The smallest absolute Gasteiger partial charge is 0.339 e. The van der Waals surface area contributed by atoms with Crippen molar-refractivity contribution in [2.24, 2.45) is 0 Å². The fourth-order valence-corrected chi connectivity index (χ4v) is 1.30. The Hall–Kier alpha value is -1.45. The van der Waals surface area contributed by atoms with E-state index >= 15 is 0 Å².